The fraction of sp³-hybridized carbons (Fsp3) is 0.727. The van der Waals surface area contributed by atoms with E-state index in [9.17, 15) is 0 Å². The first-order chi connectivity index (χ1) is 11.4. The van der Waals surface area contributed by atoms with Crippen LogP contribution in [-0.2, 0) is 9.47 Å². The Morgan fingerprint density at radius 3 is 2.58 bits per heavy atom. The smallest absolute Gasteiger partial charge is 0.115 e. The lowest BCUT2D eigenvalue weighted by Gasteiger charge is -2.54. The molecule has 0 radical (unpaired) electrons. The molecule has 0 spiro atoms. The Labute approximate surface area is 147 Å². The summed E-state index contributed by atoms with van der Waals surface area (Å²) in [5, 5.41) is 0. The summed E-state index contributed by atoms with van der Waals surface area (Å²) in [6.07, 6.45) is 12.6. The van der Waals surface area contributed by atoms with E-state index in [1.165, 1.54) is 32.1 Å². The van der Waals surface area contributed by atoms with E-state index in [4.69, 9.17) is 9.47 Å². The van der Waals surface area contributed by atoms with Crippen molar-refractivity contribution in [3.63, 3.8) is 0 Å². The van der Waals surface area contributed by atoms with Crippen LogP contribution >= 0.6 is 0 Å². The summed E-state index contributed by atoms with van der Waals surface area (Å²) < 4.78 is 11.3. The van der Waals surface area contributed by atoms with E-state index >= 15 is 0 Å². The Balaban J connectivity index is 1.77. The summed E-state index contributed by atoms with van der Waals surface area (Å²) in [5.41, 5.74) is 5.90. The molecule has 2 heteroatoms. The van der Waals surface area contributed by atoms with Crippen LogP contribution in [0.15, 0.2) is 34.6 Å². The van der Waals surface area contributed by atoms with Crippen LogP contribution in [0.1, 0.15) is 59.3 Å². The number of rotatable bonds is 2. The van der Waals surface area contributed by atoms with Gasteiger partial charge in [-0.15, -0.1) is 0 Å². The second-order valence-electron chi connectivity index (χ2n) is 9.03. The van der Waals surface area contributed by atoms with Crippen molar-refractivity contribution in [1.82, 2.24) is 0 Å². The normalized spacial score (nSPS) is 44.3. The van der Waals surface area contributed by atoms with Crippen LogP contribution in [0.2, 0.25) is 0 Å². The second-order valence-corrected chi connectivity index (χ2v) is 9.03. The Kier molecular flexibility index (Phi) is 3.76. The lowest BCUT2D eigenvalue weighted by Crippen LogP contribution is -2.44. The Bertz CT molecular complexity index is 640. The lowest BCUT2D eigenvalue weighted by molar-refractivity contribution is 0.0876. The van der Waals surface area contributed by atoms with Gasteiger partial charge in [-0.05, 0) is 73.3 Å². The average Bonchev–Trinajstić information content (AvgIpc) is 2.91. The van der Waals surface area contributed by atoms with Crippen molar-refractivity contribution >= 4 is 0 Å². The zero-order valence-electron chi connectivity index (χ0n) is 15.9. The van der Waals surface area contributed by atoms with Gasteiger partial charge in [-0.3, -0.25) is 0 Å². The molecule has 0 amide bonds. The van der Waals surface area contributed by atoms with Gasteiger partial charge in [-0.2, -0.15) is 0 Å². The summed E-state index contributed by atoms with van der Waals surface area (Å²) in [5.74, 6) is 2.28. The van der Waals surface area contributed by atoms with Gasteiger partial charge in [0.2, 0.25) is 0 Å². The fourth-order valence-electron chi connectivity index (χ4n) is 6.52. The van der Waals surface area contributed by atoms with Crippen LogP contribution in [0.4, 0.5) is 0 Å². The molecular formula is C22H32O2. The Hall–Kier alpha value is -1.02. The van der Waals surface area contributed by atoms with Gasteiger partial charge in [0.05, 0.1) is 13.2 Å². The summed E-state index contributed by atoms with van der Waals surface area (Å²) in [6, 6.07) is 0. The molecule has 5 atom stereocenters. The van der Waals surface area contributed by atoms with E-state index in [1.807, 2.05) is 7.11 Å². The average molecular weight is 328 g/mol. The minimum absolute atomic E-state index is 0.330. The van der Waals surface area contributed by atoms with Gasteiger partial charge in [-0.25, -0.2) is 0 Å². The van der Waals surface area contributed by atoms with E-state index in [0.717, 1.165) is 12.2 Å². The van der Waals surface area contributed by atoms with Crippen molar-refractivity contribution in [2.24, 2.45) is 22.7 Å². The first-order valence-electron chi connectivity index (χ1n) is 9.63. The highest BCUT2D eigenvalue weighted by atomic mass is 16.5. The number of ether oxygens (including phenoxy) is 2. The van der Waals surface area contributed by atoms with Gasteiger partial charge in [-0.1, -0.05) is 37.5 Å². The molecule has 0 heterocycles. The predicted molar refractivity (Wildman–Crippen MR) is 97.6 cm³/mol. The minimum Gasteiger partial charge on any atom is -0.497 e. The minimum atomic E-state index is 0.330. The highest BCUT2D eigenvalue weighted by Crippen LogP contribution is 2.64. The molecule has 0 saturated heterocycles. The van der Waals surface area contributed by atoms with Crippen LogP contribution < -0.4 is 0 Å². The van der Waals surface area contributed by atoms with Gasteiger partial charge in [0.15, 0.2) is 0 Å². The molecule has 0 N–H and O–H groups in total. The van der Waals surface area contributed by atoms with Crippen LogP contribution in [0.3, 0.4) is 0 Å². The van der Waals surface area contributed by atoms with Crippen molar-refractivity contribution in [3.8, 4) is 0 Å². The molecule has 4 unspecified atom stereocenters. The van der Waals surface area contributed by atoms with Gasteiger partial charge >= 0.3 is 0 Å². The standard InChI is InChI=1S/C22H32O2/c1-14-10-16(23-4)11-15-6-7-18-19-12-17(24-5)13-21(19,2)8-9-22(18,3)20(14)15/h10-11,14,17,20H,6-9,12-13H2,1-5H3/t14?,17?,20?,21-,22?/m0/s1. The summed E-state index contributed by atoms with van der Waals surface area (Å²) in [7, 11) is 3.68. The molecule has 2 nitrogen and oxygen atoms in total. The van der Waals surface area contributed by atoms with E-state index in [-0.39, 0.29) is 0 Å². The molecule has 0 aromatic rings. The maximum atomic E-state index is 5.77. The number of methoxy groups -OCH3 is 2. The van der Waals surface area contributed by atoms with Gasteiger partial charge in [0, 0.05) is 7.11 Å². The predicted octanol–water partition coefficient (Wildman–Crippen LogP) is 5.41. The van der Waals surface area contributed by atoms with Crippen LogP contribution in [0.5, 0.6) is 0 Å². The quantitative estimate of drug-likeness (QED) is 0.631. The molecule has 0 aromatic carbocycles. The molecule has 4 aliphatic carbocycles. The summed E-state index contributed by atoms with van der Waals surface area (Å²) in [4.78, 5) is 0. The third kappa shape index (κ3) is 2.18. The largest absolute Gasteiger partial charge is 0.497 e. The lowest BCUT2D eigenvalue weighted by atomic mass is 9.50. The highest BCUT2D eigenvalue weighted by Gasteiger charge is 2.54. The number of fused-ring (bicyclic) bond motifs is 4. The molecule has 0 aromatic heterocycles. The maximum Gasteiger partial charge on any atom is 0.115 e. The molecule has 0 bridgehead atoms. The van der Waals surface area contributed by atoms with Gasteiger partial charge in [0.1, 0.15) is 5.76 Å². The van der Waals surface area contributed by atoms with Crippen molar-refractivity contribution in [2.45, 2.75) is 65.4 Å². The van der Waals surface area contributed by atoms with Crippen LogP contribution in [-0.4, -0.2) is 20.3 Å². The number of hydrogen-bond acceptors (Lipinski definition) is 2. The van der Waals surface area contributed by atoms with E-state index in [1.54, 1.807) is 23.8 Å². The van der Waals surface area contributed by atoms with E-state index in [0.29, 0.717) is 28.8 Å². The number of hydrogen-bond donors (Lipinski definition) is 0. The number of allylic oxidation sites excluding steroid dienone is 4. The third-order valence-corrected chi connectivity index (χ3v) is 7.69. The van der Waals surface area contributed by atoms with Crippen molar-refractivity contribution < 1.29 is 9.47 Å². The SMILES string of the molecule is COC1=CC(C)C2C(=C1)CCC1=C3CC(OC)C[C@]3(C)CCC12C. The van der Waals surface area contributed by atoms with Gasteiger partial charge in [0.25, 0.3) is 0 Å². The zero-order chi connectivity index (χ0) is 17.1. The maximum absolute atomic E-state index is 5.77. The fourth-order valence-corrected chi connectivity index (χ4v) is 6.52. The van der Waals surface area contributed by atoms with Gasteiger partial charge < -0.3 is 9.47 Å². The molecule has 4 rings (SSSR count). The van der Waals surface area contributed by atoms with E-state index in [2.05, 4.69) is 32.9 Å². The molecular weight excluding hydrogens is 296 g/mol. The zero-order valence-corrected chi connectivity index (χ0v) is 15.9. The first-order valence-corrected chi connectivity index (χ1v) is 9.63. The summed E-state index contributed by atoms with van der Waals surface area (Å²) in [6.45, 7) is 7.43. The molecule has 132 valence electrons. The monoisotopic (exact) mass is 328 g/mol. The molecule has 24 heavy (non-hydrogen) atoms. The highest BCUT2D eigenvalue weighted by molar-refractivity contribution is 5.43. The Morgan fingerprint density at radius 1 is 1.08 bits per heavy atom. The van der Waals surface area contributed by atoms with Crippen LogP contribution in [0.25, 0.3) is 0 Å². The molecule has 2 fully saturated rings. The Morgan fingerprint density at radius 2 is 1.88 bits per heavy atom. The van der Waals surface area contributed by atoms with Crippen molar-refractivity contribution in [3.05, 3.63) is 34.6 Å². The van der Waals surface area contributed by atoms with Crippen molar-refractivity contribution in [1.29, 1.82) is 0 Å². The van der Waals surface area contributed by atoms with E-state index < -0.39 is 0 Å². The first kappa shape index (κ1) is 16.4. The van der Waals surface area contributed by atoms with Crippen LogP contribution in [0, 0.1) is 22.7 Å². The van der Waals surface area contributed by atoms with Crippen molar-refractivity contribution in [2.75, 3.05) is 14.2 Å². The molecule has 0 aliphatic heterocycles. The third-order valence-electron chi connectivity index (χ3n) is 7.69. The summed E-state index contributed by atoms with van der Waals surface area (Å²) >= 11 is 0. The topological polar surface area (TPSA) is 18.5 Å². The molecule has 4 aliphatic rings. The second kappa shape index (κ2) is 5.49. The molecule has 2 saturated carbocycles.